The molecule has 2 N–H and O–H groups in total. The van der Waals surface area contributed by atoms with E-state index in [0.717, 1.165) is 5.92 Å². The van der Waals surface area contributed by atoms with E-state index in [-0.39, 0.29) is 0 Å². The first-order chi connectivity index (χ1) is 6.68. The molecule has 1 fully saturated rings. The van der Waals surface area contributed by atoms with Gasteiger partial charge < -0.3 is 10.6 Å². The minimum atomic E-state index is 0.474. The van der Waals surface area contributed by atoms with Gasteiger partial charge in [-0.1, -0.05) is 26.7 Å². The normalized spacial score (nSPS) is 20.6. The van der Waals surface area contributed by atoms with Gasteiger partial charge >= 0.3 is 0 Å². The number of rotatable bonds is 5. The molecule has 0 aliphatic carbocycles. The lowest BCUT2D eigenvalue weighted by Crippen LogP contribution is -2.40. The fourth-order valence-electron chi connectivity index (χ4n) is 2.06. The molecule has 1 aliphatic rings. The van der Waals surface area contributed by atoms with E-state index in [1.54, 1.807) is 0 Å². The van der Waals surface area contributed by atoms with Crippen molar-refractivity contribution < 1.29 is 0 Å². The van der Waals surface area contributed by atoms with Crippen LogP contribution in [0.4, 0.5) is 0 Å². The lowest BCUT2D eigenvalue weighted by Gasteiger charge is -2.30. The molecule has 0 aromatic carbocycles. The van der Waals surface area contributed by atoms with Crippen LogP contribution in [0.25, 0.3) is 0 Å². The van der Waals surface area contributed by atoms with E-state index in [0.29, 0.717) is 6.04 Å². The number of hydrogen-bond donors (Lipinski definition) is 1. The Balaban J connectivity index is 1.96. The highest BCUT2D eigenvalue weighted by Gasteiger charge is 2.14. The van der Waals surface area contributed by atoms with Crippen LogP contribution in [-0.4, -0.2) is 30.6 Å². The third-order valence-corrected chi connectivity index (χ3v) is 3.14. The Morgan fingerprint density at radius 1 is 1.21 bits per heavy atom. The van der Waals surface area contributed by atoms with Gasteiger partial charge in [0.05, 0.1) is 0 Å². The summed E-state index contributed by atoms with van der Waals surface area (Å²) >= 11 is 0. The number of likely N-dealkylation sites (tertiary alicyclic amines) is 1. The molecule has 0 radical (unpaired) electrons. The Bertz CT molecular complexity index is 137. The van der Waals surface area contributed by atoms with Gasteiger partial charge in [0.2, 0.25) is 0 Å². The van der Waals surface area contributed by atoms with Crippen LogP contribution in [0.2, 0.25) is 0 Å². The maximum Gasteiger partial charge on any atom is 0.00631 e. The van der Waals surface area contributed by atoms with Crippen molar-refractivity contribution in [2.75, 3.05) is 19.6 Å². The van der Waals surface area contributed by atoms with E-state index in [2.05, 4.69) is 18.7 Å². The average molecular weight is 198 g/mol. The number of hydrogen-bond acceptors (Lipinski definition) is 2. The van der Waals surface area contributed by atoms with Crippen molar-refractivity contribution in [1.82, 2.24) is 4.90 Å². The van der Waals surface area contributed by atoms with Crippen LogP contribution in [0.5, 0.6) is 0 Å². The molecule has 1 heterocycles. The average Bonchev–Trinajstić information content (AvgIpc) is 2.15. The molecular formula is C12H26N2. The fraction of sp³-hybridized carbons (Fsp3) is 1.00. The summed E-state index contributed by atoms with van der Waals surface area (Å²) in [6.45, 7) is 8.35. The van der Waals surface area contributed by atoms with E-state index in [1.807, 2.05) is 0 Å². The van der Waals surface area contributed by atoms with Gasteiger partial charge in [-0.3, -0.25) is 0 Å². The highest BCUT2D eigenvalue weighted by molar-refractivity contribution is 4.73. The summed E-state index contributed by atoms with van der Waals surface area (Å²) in [6, 6.07) is 0.474. The quantitative estimate of drug-likeness (QED) is 0.686. The molecule has 0 aromatic heterocycles. The monoisotopic (exact) mass is 198 g/mol. The summed E-state index contributed by atoms with van der Waals surface area (Å²) in [5.41, 5.74) is 5.86. The third-order valence-electron chi connectivity index (χ3n) is 3.14. The SMILES string of the molecule is CC(C)CCCCN1CCC(N)CC1. The van der Waals surface area contributed by atoms with Gasteiger partial charge in [-0.15, -0.1) is 0 Å². The number of piperidine rings is 1. The molecule has 0 saturated carbocycles. The first-order valence-corrected chi connectivity index (χ1v) is 6.16. The molecule has 1 saturated heterocycles. The summed E-state index contributed by atoms with van der Waals surface area (Å²) in [5.74, 6) is 0.866. The van der Waals surface area contributed by atoms with Crippen molar-refractivity contribution >= 4 is 0 Å². The lowest BCUT2D eigenvalue weighted by molar-refractivity contribution is 0.208. The third kappa shape index (κ3) is 4.97. The minimum Gasteiger partial charge on any atom is -0.328 e. The minimum absolute atomic E-state index is 0.474. The van der Waals surface area contributed by atoms with Gasteiger partial charge in [-0.25, -0.2) is 0 Å². The molecule has 2 nitrogen and oxygen atoms in total. The molecule has 0 atom stereocenters. The molecule has 0 bridgehead atoms. The van der Waals surface area contributed by atoms with E-state index >= 15 is 0 Å². The van der Waals surface area contributed by atoms with Crippen LogP contribution in [0.3, 0.4) is 0 Å². The zero-order valence-corrected chi connectivity index (χ0v) is 9.84. The van der Waals surface area contributed by atoms with Crippen molar-refractivity contribution in [1.29, 1.82) is 0 Å². The molecule has 0 amide bonds. The lowest BCUT2D eigenvalue weighted by atomic mass is 10.0. The van der Waals surface area contributed by atoms with Crippen LogP contribution < -0.4 is 5.73 Å². The highest BCUT2D eigenvalue weighted by Crippen LogP contribution is 2.11. The molecule has 14 heavy (non-hydrogen) atoms. The second-order valence-corrected chi connectivity index (χ2v) is 5.07. The molecule has 1 aliphatic heterocycles. The Morgan fingerprint density at radius 2 is 1.86 bits per heavy atom. The van der Waals surface area contributed by atoms with Gasteiger partial charge in [-0.2, -0.15) is 0 Å². The fourth-order valence-corrected chi connectivity index (χ4v) is 2.06. The summed E-state index contributed by atoms with van der Waals surface area (Å²) in [7, 11) is 0. The van der Waals surface area contributed by atoms with Gasteiger partial charge in [0.25, 0.3) is 0 Å². The standard InChI is InChI=1S/C12H26N2/c1-11(2)5-3-4-8-14-9-6-12(13)7-10-14/h11-12H,3-10,13H2,1-2H3. The molecule has 2 heteroatoms. The Kier molecular flexibility index (Phi) is 5.49. The maximum absolute atomic E-state index is 5.86. The van der Waals surface area contributed by atoms with Crippen molar-refractivity contribution in [2.45, 2.75) is 52.0 Å². The summed E-state index contributed by atoms with van der Waals surface area (Å²) in [6.07, 6.45) is 6.54. The Hall–Kier alpha value is -0.0800. The van der Waals surface area contributed by atoms with Crippen LogP contribution in [-0.2, 0) is 0 Å². The molecule has 0 aromatic rings. The van der Waals surface area contributed by atoms with E-state index in [9.17, 15) is 0 Å². The summed E-state index contributed by atoms with van der Waals surface area (Å²) < 4.78 is 0. The van der Waals surface area contributed by atoms with Gasteiger partial charge in [0, 0.05) is 6.04 Å². The number of nitrogens with two attached hydrogens (primary N) is 1. The smallest absolute Gasteiger partial charge is 0.00631 e. The molecular weight excluding hydrogens is 172 g/mol. The number of nitrogens with zero attached hydrogens (tertiary/aromatic N) is 1. The molecule has 0 unspecified atom stereocenters. The van der Waals surface area contributed by atoms with Gasteiger partial charge in [-0.05, 0) is 44.8 Å². The predicted octanol–water partition coefficient (Wildman–Crippen LogP) is 2.24. The van der Waals surface area contributed by atoms with Crippen molar-refractivity contribution in [3.8, 4) is 0 Å². The Labute approximate surface area is 88.8 Å². The summed E-state index contributed by atoms with van der Waals surface area (Å²) in [4.78, 5) is 2.57. The highest BCUT2D eigenvalue weighted by atomic mass is 15.1. The van der Waals surface area contributed by atoms with Crippen molar-refractivity contribution in [2.24, 2.45) is 11.7 Å². The number of unbranched alkanes of at least 4 members (excludes halogenated alkanes) is 1. The largest absolute Gasteiger partial charge is 0.328 e. The van der Waals surface area contributed by atoms with Crippen molar-refractivity contribution in [3.63, 3.8) is 0 Å². The van der Waals surface area contributed by atoms with Crippen molar-refractivity contribution in [3.05, 3.63) is 0 Å². The van der Waals surface area contributed by atoms with Crippen LogP contribution in [0.15, 0.2) is 0 Å². The molecule has 84 valence electrons. The topological polar surface area (TPSA) is 29.3 Å². The summed E-state index contributed by atoms with van der Waals surface area (Å²) in [5, 5.41) is 0. The first-order valence-electron chi connectivity index (χ1n) is 6.16. The zero-order valence-electron chi connectivity index (χ0n) is 9.84. The maximum atomic E-state index is 5.86. The molecule has 0 spiro atoms. The van der Waals surface area contributed by atoms with Crippen LogP contribution >= 0.6 is 0 Å². The van der Waals surface area contributed by atoms with Crippen LogP contribution in [0.1, 0.15) is 46.0 Å². The second kappa shape index (κ2) is 6.41. The second-order valence-electron chi connectivity index (χ2n) is 5.07. The zero-order chi connectivity index (χ0) is 10.4. The van der Waals surface area contributed by atoms with E-state index in [4.69, 9.17) is 5.73 Å². The Morgan fingerprint density at radius 3 is 2.43 bits per heavy atom. The predicted molar refractivity (Wildman–Crippen MR) is 62.3 cm³/mol. The van der Waals surface area contributed by atoms with E-state index < -0.39 is 0 Å². The van der Waals surface area contributed by atoms with E-state index in [1.165, 1.54) is 51.7 Å². The van der Waals surface area contributed by atoms with Gasteiger partial charge in [0.1, 0.15) is 0 Å². The first kappa shape index (κ1) is 12.0. The van der Waals surface area contributed by atoms with Crippen LogP contribution in [0, 0.1) is 5.92 Å². The van der Waals surface area contributed by atoms with Gasteiger partial charge in [0.15, 0.2) is 0 Å². The molecule has 1 rings (SSSR count).